The summed E-state index contributed by atoms with van der Waals surface area (Å²) in [5.41, 5.74) is 2.56. The quantitative estimate of drug-likeness (QED) is 0.724. The van der Waals surface area contributed by atoms with Gasteiger partial charge in [-0.25, -0.2) is 9.97 Å². The standard InChI is InChI=1S/C20H28N4O3/c1-5-6-13(2)23-19-22-12-16-17(24-19)15(11-21-18(16)25)14-7-9-20(26-3,27-4)10-8-14/h7,11-13H,5-6,8-10H2,1-4H3,(H,21,25)(H,22,23,24). The van der Waals surface area contributed by atoms with Crippen molar-refractivity contribution in [3.05, 3.63) is 34.4 Å². The van der Waals surface area contributed by atoms with E-state index in [4.69, 9.17) is 9.47 Å². The first-order chi connectivity index (χ1) is 13.0. The number of ether oxygens (including phenoxy) is 2. The molecule has 0 fully saturated rings. The molecule has 0 amide bonds. The number of aromatic amines is 1. The second-order valence-corrected chi connectivity index (χ2v) is 7.07. The second kappa shape index (κ2) is 8.19. The minimum atomic E-state index is -0.571. The molecule has 7 heteroatoms. The number of allylic oxidation sites excluding steroid dienone is 1. The van der Waals surface area contributed by atoms with Crippen LogP contribution in [0.5, 0.6) is 0 Å². The van der Waals surface area contributed by atoms with Crippen LogP contribution in [-0.2, 0) is 9.47 Å². The van der Waals surface area contributed by atoms with E-state index >= 15 is 0 Å². The van der Waals surface area contributed by atoms with Crippen molar-refractivity contribution in [3.63, 3.8) is 0 Å². The van der Waals surface area contributed by atoms with E-state index in [-0.39, 0.29) is 11.6 Å². The van der Waals surface area contributed by atoms with Crippen LogP contribution in [0.3, 0.4) is 0 Å². The number of hydrogen-bond acceptors (Lipinski definition) is 6. The summed E-state index contributed by atoms with van der Waals surface area (Å²) in [6, 6.07) is 0.274. The number of nitrogens with zero attached hydrogens (tertiary/aromatic N) is 2. The number of nitrogens with one attached hydrogen (secondary N) is 2. The number of aromatic nitrogens is 3. The predicted octanol–water partition coefficient (Wildman–Crippen LogP) is 3.48. The first-order valence-corrected chi connectivity index (χ1v) is 9.46. The van der Waals surface area contributed by atoms with Crippen LogP contribution in [0.15, 0.2) is 23.3 Å². The van der Waals surface area contributed by atoms with Gasteiger partial charge in [-0.05, 0) is 25.3 Å². The first-order valence-electron chi connectivity index (χ1n) is 9.46. The molecule has 7 nitrogen and oxygen atoms in total. The van der Waals surface area contributed by atoms with E-state index in [9.17, 15) is 4.79 Å². The molecule has 27 heavy (non-hydrogen) atoms. The zero-order valence-corrected chi connectivity index (χ0v) is 16.5. The van der Waals surface area contributed by atoms with Gasteiger partial charge in [-0.15, -0.1) is 0 Å². The highest BCUT2D eigenvalue weighted by molar-refractivity contribution is 5.90. The molecule has 2 heterocycles. The number of rotatable bonds is 7. The lowest BCUT2D eigenvalue weighted by Crippen LogP contribution is -2.35. The molecule has 3 rings (SSSR count). The van der Waals surface area contributed by atoms with Crippen LogP contribution in [0.1, 0.15) is 51.5 Å². The fraction of sp³-hybridized carbons (Fsp3) is 0.550. The Kier molecular flexibility index (Phi) is 5.92. The third-order valence-corrected chi connectivity index (χ3v) is 5.26. The highest BCUT2D eigenvalue weighted by atomic mass is 16.7. The van der Waals surface area contributed by atoms with Gasteiger partial charge in [0.1, 0.15) is 0 Å². The highest BCUT2D eigenvalue weighted by Crippen LogP contribution is 2.36. The summed E-state index contributed by atoms with van der Waals surface area (Å²) in [5.74, 6) is -0.0199. The fourth-order valence-corrected chi connectivity index (χ4v) is 3.58. The minimum Gasteiger partial charge on any atom is -0.353 e. The topological polar surface area (TPSA) is 89.1 Å². The van der Waals surface area contributed by atoms with Crippen LogP contribution >= 0.6 is 0 Å². The lowest BCUT2D eigenvalue weighted by molar-refractivity contribution is -0.208. The van der Waals surface area contributed by atoms with Crippen LogP contribution in [0.25, 0.3) is 16.5 Å². The molecule has 1 aliphatic carbocycles. The van der Waals surface area contributed by atoms with E-state index in [1.165, 1.54) is 0 Å². The van der Waals surface area contributed by atoms with Gasteiger partial charge in [0.15, 0.2) is 5.79 Å². The Balaban J connectivity index is 1.99. The van der Waals surface area contributed by atoms with Gasteiger partial charge in [0, 0.05) is 51.1 Å². The van der Waals surface area contributed by atoms with E-state index in [2.05, 4.69) is 40.2 Å². The zero-order chi connectivity index (χ0) is 19.4. The molecule has 1 atom stereocenters. The van der Waals surface area contributed by atoms with E-state index < -0.39 is 5.79 Å². The Morgan fingerprint density at radius 1 is 1.37 bits per heavy atom. The summed E-state index contributed by atoms with van der Waals surface area (Å²) >= 11 is 0. The van der Waals surface area contributed by atoms with Crippen molar-refractivity contribution in [1.82, 2.24) is 15.0 Å². The van der Waals surface area contributed by atoms with Crippen LogP contribution in [0, 0.1) is 0 Å². The predicted molar refractivity (Wildman–Crippen MR) is 107 cm³/mol. The molecule has 0 bridgehead atoms. The smallest absolute Gasteiger partial charge is 0.259 e. The molecular formula is C20H28N4O3. The maximum absolute atomic E-state index is 12.2. The van der Waals surface area contributed by atoms with Crippen LogP contribution in [0.2, 0.25) is 0 Å². The molecular weight excluding hydrogens is 344 g/mol. The normalized spacial score (nSPS) is 17.6. The zero-order valence-electron chi connectivity index (χ0n) is 16.5. The summed E-state index contributed by atoms with van der Waals surface area (Å²) < 4.78 is 11.1. The molecule has 146 valence electrons. The summed E-state index contributed by atoms with van der Waals surface area (Å²) in [4.78, 5) is 24.0. The average molecular weight is 372 g/mol. The number of hydrogen-bond donors (Lipinski definition) is 2. The Morgan fingerprint density at radius 3 is 2.78 bits per heavy atom. The Labute approximate surface area is 159 Å². The maximum Gasteiger partial charge on any atom is 0.259 e. The average Bonchev–Trinajstić information content (AvgIpc) is 2.69. The molecule has 2 N–H and O–H groups in total. The Hall–Kier alpha value is -2.25. The summed E-state index contributed by atoms with van der Waals surface area (Å²) in [6.07, 6.45) is 9.75. The van der Waals surface area contributed by atoms with Crippen molar-refractivity contribution in [3.8, 4) is 0 Å². The van der Waals surface area contributed by atoms with Crippen molar-refractivity contribution in [2.75, 3.05) is 19.5 Å². The number of anilines is 1. The van der Waals surface area contributed by atoms with Crippen LogP contribution in [0.4, 0.5) is 5.95 Å². The highest BCUT2D eigenvalue weighted by Gasteiger charge is 2.32. The van der Waals surface area contributed by atoms with Crippen LogP contribution in [-0.4, -0.2) is 41.0 Å². The molecule has 0 saturated carbocycles. The van der Waals surface area contributed by atoms with Crippen molar-refractivity contribution in [2.45, 2.75) is 57.8 Å². The first kappa shape index (κ1) is 19.5. The van der Waals surface area contributed by atoms with Crippen molar-refractivity contribution >= 4 is 22.4 Å². The summed E-state index contributed by atoms with van der Waals surface area (Å²) in [7, 11) is 3.33. The van der Waals surface area contributed by atoms with E-state index in [1.54, 1.807) is 26.6 Å². The second-order valence-electron chi connectivity index (χ2n) is 7.07. The largest absolute Gasteiger partial charge is 0.353 e. The molecule has 0 radical (unpaired) electrons. The maximum atomic E-state index is 12.2. The van der Waals surface area contributed by atoms with Gasteiger partial charge in [-0.2, -0.15) is 0 Å². The Morgan fingerprint density at radius 2 is 2.15 bits per heavy atom. The number of pyridine rings is 1. The van der Waals surface area contributed by atoms with Crippen molar-refractivity contribution in [2.24, 2.45) is 0 Å². The van der Waals surface area contributed by atoms with Gasteiger partial charge in [0.05, 0.1) is 10.9 Å². The molecule has 1 aliphatic rings. The van der Waals surface area contributed by atoms with Crippen molar-refractivity contribution in [1.29, 1.82) is 0 Å². The molecule has 0 aromatic carbocycles. The molecule has 1 unspecified atom stereocenters. The summed E-state index contributed by atoms with van der Waals surface area (Å²) in [5, 5.41) is 3.82. The van der Waals surface area contributed by atoms with Gasteiger partial charge in [-0.1, -0.05) is 19.4 Å². The van der Waals surface area contributed by atoms with E-state index in [0.29, 0.717) is 23.3 Å². The van der Waals surface area contributed by atoms with Crippen LogP contribution < -0.4 is 10.9 Å². The lowest BCUT2D eigenvalue weighted by Gasteiger charge is -2.33. The van der Waals surface area contributed by atoms with Gasteiger partial charge in [-0.3, -0.25) is 4.79 Å². The van der Waals surface area contributed by atoms with Gasteiger partial charge in [0.2, 0.25) is 5.95 Å². The number of H-pyrrole nitrogens is 1. The van der Waals surface area contributed by atoms with Gasteiger partial charge in [0.25, 0.3) is 5.56 Å². The minimum absolute atomic E-state index is 0.179. The molecule has 2 aromatic rings. The van der Waals surface area contributed by atoms with Gasteiger partial charge >= 0.3 is 0 Å². The number of methoxy groups -OCH3 is 2. The third kappa shape index (κ3) is 4.04. The molecule has 2 aromatic heterocycles. The monoisotopic (exact) mass is 372 g/mol. The third-order valence-electron chi connectivity index (χ3n) is 5.26. The molecule has 0 aliphatic heterocycles. The van der Waals surface area contributed by atoms with Gasteiger partial charge < -0.3 is 19.8 Å². The van der Waals surface area contributed by atoms with Crippen molar-refractivity contribution < 1.29 is 9.47 Å². The van der Waals surface area contributed by atoms with E-state index in [0.717, 1.165) is 36.8 Å². The number of fused-ring (bicyclic) bond motifs is 1. The summed E-state index contributed by atoms with van der Waals surface area (Å²) in [6.45, 7) is 4.25. The lowest BCUT2D eigenvalue weighted by atomic mass is 9.89. The van der Waals surface area contributed by atoms with E-state index in [1.807, 2.05) is 0 Å². The molecule has 0 spiro atoms. The Bertz CT molecular complexity index is 886. The molecule has 0 saturated heterocycles. The fourth-order valence-electron chi connectivity index (χ4n) is 3.58. The SMILES string of the molecule is CCCC(C)Nc1ncc2c(=O)[nH]cc(C3=CCC(OC)(OC)CC3)c2n1.